The van der Waals surface area contributed by atoms with Crippen LogP contribution >= 0.6 is 0 Å². The lowest BCUT2D eigenvalue weighted by Gasteiger charge is -2.21. The van der Waals surface area contributed by atoms with Crippen LogP contribution in [0.15, 0.2) is 66.9 Å². The van der Waals surface area contributed by atoms with E-state index >= 15 is 0 Å². The van der Waals surface area contributed by atoms with Crippen LogP contribution in [0, 0.1) is 0 Å². The number of aromatic nitrogens is 2. The van der Waals surface area contributed by atoms with E-state index in [1.165, 1.54) is 17.7 Å². The van der Waals surface area contributed by atoms with Crippen molar-refractivity contribution in [3.05, 3.63) is 83.7 Å². The molecule has 0 aliphatic heterocycles. The number of nitrogens with zero attached hydrogens (tertiary/aromatic N) is 2. The van der Waals surface area contributed by atoms with Gasteiger partial charge in [0, 0.05) is 12.2 Å². The molecule has 0 fully saturated rings. The lowest BCUT2D eigenvalue weighted by atomic mass is 10.1. The molecule has 1 N–H and O–H groups in total. The van der Waals surface area contributed by atoms with E-state index in [1.807, 2.05) is 24.3 Å². The molecule has 2 atom stereocenters. The van der Waals surface area contributed by atoms with Gasteiger partial charge < -0.3 is 5.32 Å². The molecule has 0 saturated heterocycles. The standard InChI is InChI=1S/C21H22F3N3/c1-3-19(25-15(2)16-7-5-4-6-8-16)20-13-14-27(26-20)18-11-9-17(10-12-18)21(22,23)24/h4-15,19,25H,3H2,1-2H3/t15?,19-/m1/s1. The summed E-state index contributed by atoms with van der Waals surface area (Å²) in [5, 5.41) is 8.13. The number of rotatable bonds is 6. The molecular weight excluding hydrogens is 351 g/mol. The Labute approximate surface area is 156 Å². The Morgan fingerprint density at radius 1 is 1.00 bits per heavy atom. The van der Waals surface area contributed by atoms with Gasteiger partial charge in [0.25, 0.3) is 0 Å². The van der Waals surface area contributed by atoms with Gasteiger partial charge >= 0.3 is 6.18 Å². The van der Waals surface area contributed by atoms with E-state index in [9.17, 15) is 13.2 Å². The third-order valence-corrected chi connectivity index (χ3v) is 4.58. The molecule has 1 unspecified atom stereocenters. The van der Waals surface area contributed by atoms with Gasteiger partial charge in [-0.05, 0) is 49.2 Å². The van der Waals surface area contributed by atoms with Crippen LogP contribution in [0.25, 0.3) is 5.69 Å². The van der Waals surface area contributed by atoms with Gasteiger partial charge in [-0.15, -0.1) is 0 Å². The first-order valence-electron chi connectivity index (χ1n) is 8.92. The molecule has 1 aromatic heterocycles. The van der Waals surface area contributed by atoms with Gasteiger partial charge in [-0.2, -0.15) is 18.3 Å². The van der Waals surface area contributed by atoms with Gasteiger partial charge in [0.2, 0.25) is 0 Å². The van der Waals surface area contributed by atoms with Crippen molar-refractivity contribution < 1.29 is 13.2 Å². The molecule has 3 aromatic rings. The van der Waals surface area contributed by atoms with Crippen molar-refractivity contribution in [3.63, 3.8) is 0 Å². The SMILES string of the molecule is CC[C@@H](NC(C)c1ccccc1)c1ccn(-c2ccc(C(F)(F)F)cc2)n1. The van der Waals surface area contributed by atoms with Crippen LogP contribution in [-0.2, 0) is 6.18 Å². The number of halogens is 3. The molecule has 3 rings (SSSR count). The van der Waals surface area contributed by atoms with Crippen LogP contribution in [0.5, 0.6) is 0 Å². The van der Waals surface area contributed by atoms with Gasteiger partial charge in [0.1, 0.15) is 0 Å². The average molecular weight is 373 g/mol. The van der Waals surface area contributed by atoms with E-state index in [4.69, 9.17) is 0 Å². The van der Waals surface area contributed by atoms with Crippen LogP contribution in [0.3, 0.4) is 0 Å². The van der Waals surface area contributed by atoms with E-state index in [-0.39, 0.29) is 12.1 Å². The van der Waals surface area contributed by atoms with Crippen molar-refractivity contribution >= 4 is 0 Å². The predicted octanol–water partition coefficient (Wildman–Crippen LogP) is 5.69. The fraction of sp³-hybridized carbons (Fsp3) is 0.286. The van der Waals surface area contributed by atoms with Crippen LogP contribution in [0.1, 0.15) is 49.2 Å². The molecule has 6 heteroatoms. The molecule has 0 spiro atoms. The summed E-state index contributed by atoms with van der Waals surface area (Å²) in [5.74, 6) is 0. The highest BCUT2D eigenvalue weighted by Gasteiger charge is 2.30. The quantitative estimate of drug-likeness (QED) is 0.601. The molecular formula is C21H22F3N3. The van der Waals surface area contributed by atoms with Crippen molar-refractivity contribution in [3.8, 4) is 5.69 Å². The Bertz CT molecular complexity index is 854. The fourth-order valence-electron chi connectivity index (χ4n) is 3.02. The highest BCUT2D eigenvalue weighted by Crippen LogP contribution is 2.29. The normalized spacial score (nSPS) is 14.1. The van der Waals surface area contributed by atoms with Crippen LogP contribution in [0.2, 0.25) is 0 Å². The highest BCUT2D eigenvalue weighted by atomic mass is 19.4. The summed E-state index contributed by atoms with van der Waals surface area (Å²) in [4.78, 5) is 0. The molecule has 0 radical (unpaired) electrons. The maximum Gasteiger partial charge on any atom is 0.416 e. The zero-order chi connectivity index (χ0) is 19.4. The fourth-order valence-corrected chi connectivity index (χ4v) is 3.02. The Morgan fingerprint density at radius 3 is 2.26 bits per heavy atom. The Balaban J connectivity index is 1.75. The first-order chi connectivity index (χ1) is 12.9. The zero-order valence-corrected chi connectivity index (χ0v) is 15.2. The minimum atomic E-state index is -4.33. The van der Waals surface area contributed by atoms with Crippen LogP contribution < -0.4 is 5.32 Å². The summed E-state index contributed by atoms with van der Waals surface area (Å²) in [6.45, 7) is 4.18. The first kappa shape index (κ1) is 19.2. The smallest absolute Gasteiger partial charge is 0.302 e. The Kier molecular flexibility index (Phi) is 5.65. The lowest BCUT2D eigenvalue weighted by molar-refractivity contribution is -0.137. The van der Waals surface area contributed by atoms with E-state index in [1.54, 1.807) is 10.9 Å². The minimum Gasteiger partial charge on any atom is -0.302 e. The van der Waals surface area contributed by atoms with Crippen LogP contribution in [0.4, 0.5) is 13.2 Å². The summed E-state index contributed by atoms with van der Waals surface area (Å²) in [6.07, 6.45) is -1.71. The van der Waals surface area contributed by atoms with Gasteiger partial charge in [0.15, 0.2) is 0 Å². The monoisotopic (exact) mass is 373 g/mol. The molecule has 27 heavy (non-hydrogen) atoms. The third kappa shape index (κ3) is 4.57. The summed E-state index contributed by atoms with van der Waals surface area (Å²) in [7, 11) is 0. The lowest BCUT2D eigenvalue weighted by Crippen LogP contribution is -2.24. The molecule has 1 heterocycles. The number of alkyl halides is 3. The molecule has 0 amide bonds. The summed E-state index contributed by atoms with van der Waals surface area (Å²) >= 11 is 0. The van der Waals surface area contributed by atoms with Crippen molar-refractivity contribution in [1.29, 1.82) is 0 Å². The molecule has 142 valence electrons. The summed E-state index contributed by atoms with van der Waals surface area (Å²) in [5.41, 5.74) is 1.99. The largest absolute Gasteiger partial charge is 0.416 e. The zero-order valence-electron chi connectivity index (χ0n) is 15.2. The first-order valence-corrected chi connectivity index (χ1v) is 8.92. The van der Waals surface area contributed by atoms with E-state index in [2.05, 4.69) is 36.4 Å². The molecule has 0 aliphatic carbocycles. The molecule has 0 aliphatic rings. The van der Waals surface area contributed by atoms with Crippen molar-refractivity contribution in [2.45, 2.75) is 38.5 Å². The van der Waals surface area contributed by atoms with Crippen molar-refractivity contribution in [2.75, 3.05) is 0 Å². The summed E-state index contributed by atoms with van der Waals surface area (Å²) < 4.78 is 39.7. The Hall–Kier alpha value is -2.60. The van der Waals surface area contributed by atoms with E-state index in [0.29, 0.717) is 5.69 Å². The third-order valence-electron chi connectivity index (χ3n) is 4.58. The van der Waals surface area contributed by atoms with Gasteiger partial charge in [-0.3, -0.25) is 0 Å². The number of hydrogen-bond donors (Lipinski definition) is 1. The number of nitrogens with one attached hydrogen (secondary N) is 1. The average Bonchev–Trinajstić information content (AvgIpc) is 3.16. The van der Waals surface area contributed by atoms with Crippen molar-refractivity contribution in [1.82, 2.24) is 15.1 Å². The van der Waals surface area contributed by atoms with Crippen LogP contribution in [-0.4, -0.2) is 9.78 Å². The maximum absolute atomic E-state index is 12.7. The molecule has 0 bridgehead atoms. The van der Waals surface area contributed by atoms with Gasteiger partial charge in [0.05, 0.1) is 23.0 Å². The Morgan fingerprint density at radius 2 is 1.67 bits per heavy atom. The minimum absolute atomic E-state index is 0.0518. The van der Waals surface area contributed by atoms with Crippen molar-refractivity contribution in [2.24, 2.45) is 0 Å². The predicted molar refractivity (Wildman–Crippen MR) is 99.6 cm³/mol. The van der Waals surface area contributed by atoms with E-state index < -0.39 is 11.7 Å². The molecule has 0 saturated carbocycles. The van der Waals surface area contributed by atoms with Gasteiger partial charge in [-0.25, -0.2) is 4.68 Å². The van der Waals surface area contributed by atoms with E-state index in [0.717, 1.165) is 24.2 Å². The highest BCUT2D eigenvalue weighted by molar-refractivity contribution is 5.35. The molecule has 2 aromatic carbocycles. The maximum atomic E-state index is 12.7. The second-order valence-electron chi connectivity index (χ2n) is 6.49. The number of hydrogen-bond acceptors (Lipinski definition) is 2. The van der Waals surface area contributed by atoms with Gasteiger partial charge in [-0.1, -0.05) is 37.3 Å². The second-order valence-corrected chi connectivity index (χ2v) is 6.49. The number of benzene rings is 2. The molecule has 3 nitrogen and oxygen atoms in total. The second kappa shape index (κ2) is 7.96. The summed E-state index contributed by atoms with van der Waals surface area (Å²) in [6, 6.07) is 17.3. The topological polar surface area (TPSA) is 29.9 Å².